The number of nitrogens with one attached hydrogen (secondary N) is 2. The Morgan fingerprint density at radius 1 is 1.14 bits per heavy atom. The average molecular weight is 399 g/mol. The first-order valence-corrected chi connectivity index (χ1v) is 10.3. The van der Waals surface area contributed by atoms with Crippen molar-refractivity contribution in [3.8, 4) is 5.75 Å². The highest BCUT2D eigenvalue weighted by Crippen LogP contribution is 2.18. The third kappa shape index (κ3) is 6.46. The predicted molar refractivity (Wildman–Crippen MR) is 116 cm³/mol. The molecular formula is C23H31FN4O. The fraction of sp³-hybridized carbons (Fsp3) is 0.435. The second kappa shape index (κ2) is 10.8. The molecule has 1 heterocycles. The average Bonchev–Trinajstić information content (AvgIpc) is 2.75. The van der Waals surface area contributed by atoms with E-state index >= 15 is 0 Å². The van der Waals surface area contributed by atoms with Gasteiger partial charge in [0, 0.05) is 39.3 Å². The number of hydrogen-bond acceptors (Lipinski definition) is 3. The van der Waals surface area contributed by atoms with Gasteiger partial charge in [0.1, 0.15) is 0 Å². The van der Waals surface area contributed by atoms with Gasteiger partial charge in [-0.25, -0.2) is 4.39 Å². The third-order valence-electron chi connectivity index (χ3n) is 5.16. The molecule has 0 unspecified atom stereocenters. The van der Waals surface area contributed by atoms with Crippen LogP contribution in [0.4, 0.5) is 4.39 Å². The second-order valence-corrected chi connectivity index (χ2v) is 7.30. The van der Waals surface area contributed by atoms with Crippen molar-refractivity contribution in [1.82, 2.24) is 15.5 Å². The zero-order valence-electron chi connectivity index (χ0n) is 17.3. The Bertz CT molecular complexity index is 789. The lowest BCUT2D eigenvalue weighted by atomic mass is 10.0. The van der Waals surface area contributed by atoms with Gasteiger partial charge >= 0.3 is 0 Å². The summed E-state index contributed by atoms with van der Waals surface area (Å²) in [7, 11) is 1.76. The van der Waals surface area contributed by atoms with Crippen LogP contribution < -0.4 is 15.4 Å². The van der Waals surface area contributed by atoms with Crippen LogP contribution in [0.1, 0.15) is 30.9 Å². The van der Waals surface area contributed by atoms with Gasteiger partial charge in [-0.15, -0.1) is 0 Å². The van der Waals surface area contributed by atoms with Crippen molar-refractivity contribution in [2.75, 3.05) is 26.7 Å². The van der Waals surface area contributed by atoms with E-state index < -0.39 is 0 Å². The Balaban J connectivity index is 1.43. The number of benzene rings is 2. The van der Waals surface area contributed by atoms with E-state index in [1.54, 1.807) is 13.1 Å². The van der Waals surface area contributed by atoms with Gasteiger partial charge in [-0.3, -0.25) is 9.89 Å². The summed E-state index contributed by atoms with van der Waals surface area (Å²) in [4.78, 5) is 6.81. The monoisotopic (exact) mass is 398 g/mol. The maximum Gasteiger partial charge on any atom is 0.191 e. The van der Waals surface area contributed by atoms with Crippen molar-refractivity contribution < 1.29 is 9.13 Å². The third-order valence-corrected chi connectivity index (χ3v) is 5.16. The fourth-order valence-corrected chi connectivity index (χ4v) is 3.58. The van der Waals surface area contributed by atoms with Gasteiger partial charge in [0.25, 0.3) is 0 Å². The normalized spacial score (nSPS) is 15.9. The summed E-state index contributed by atoms with van der Waals surface area (Å²) >= 11 is 0. The van der Waals surface area contributed by atoms with Crippen molar-refractivity contribution in [2.24, 2.45) is 4.99 Å². The highest BCUT2D eigenvalue weighted by Gasteiger charge is 2.20. The number of aliphatic imine (C=N–C) groups is 1. The van der Waals surface area contributed by atoms with Gasteiger partial charge in [0.15, 0.2) is 17.5 Å². The molecule has 1 saturated heterocycles. The molecule has 29 heavy (non-hydrogen) atoms. The van der Waals surface area contributed by atoms with Gasteiger partial charge in [-0.2, -0.15) is 0 Å². The summed E-state index contributed by atoms with van der Waals surface area (Å²) in [5, 5.41) is 6.78. The van der Waals surface area contributed by atoms with E-state index in [2.05, 4.69) is 50.9 Å². The number of nitrogens with zero attached hydrogens (tertiary/aromatic N) is 2. The lowest BCUT2D eigenvalue weighted by Gasteiger charge is -2.33. The maximum atomic E-state index is 14.0. The van der Waals surface area contributed by atoms with Gasteiger partial charge in [-0.05, 0) is 43.0 Å². The largest absolute Gasteiger partial charge is 0.491 e. The Morgan fingerprint density at radius 2 is 1.90 bits per heavy atom. The van der Waals surface area contributed by atoms with E-state index in [9.17, 15) is 4.39 Å². The van der Waals surface area contributed by atoms with E-state index in [0.717, 1.165) is 44.0 Å². The first-order chi connectivity index (χ1) is 14.2. The number of hydrogen-bond donors (Lipinski definition) is 2. The van der Waals surface area contributed by atoms with Gasteiger partial charge < -0.3 is 15.4 Å². The molecule has 0 saturated carbocycles. The Morgan fingerprint density at radius 3 is 2.55 bits per heavy atom. The molecule has 3 rings (SSSR count). The summed E-state index contributed by atoms with van der Waals surface area (Å²) in [5.41, 5.74) is 2.21. The van der Waals surface area contributed by atoms with Gasteiger partial charge in [-0.1, -0.05) is 36.4 Å². The van der Waals surface area contributed by atoms with E-state index in [0.29, 0.717) is 24.9 Å². The zero-order chi connectivity index (χ0) is 20.5. The van der Waals surface area contributed by atoms with Crippen LogP contribution >= 0.6 is 0 Å². The molecule has 0 bridgehead atoms. The molecule has 0 aliphatic carbocycles. The molecule has 1 fully saturated rings. The summed E-state index contributed by atoms with van der Waals surface area (Å²) in [6, 6.07) is 16.0. The highest BCUT2D eigenvalue weighted by atomic mass is 19.1. The first kappa shape index (κ1) is 21.1. The number of piperidine rings is 1. The molecule has 1 aliphatic rings. The Labute approximate surface area is 173 Å². The number of rotatable bonds is 7. The van der Waals surface area contributed by atoms with E-state index in [1.807, 2.05) is 13.0 Å². The Kier molecular flexibility index (Phi) is 7.87. The molecule has 0 spiro atoms. The van der Waals surface area contributed by atoms with Crippen LogP contribution in [0.2, 0.25) is 0 Å². The molecule has 156 valence electrons. The molecule has 1 aliphatic heterocycles. The lowest BCUT2D eigenvalue weighted by molar-refractivity contribution is 0.198. The SMILES string of the molecule is CCOc1ccc(CNC(=NC)NC2CCN(Cc3ccccc3)CC2)cc1F. The quantitative estimate of drug-likeness (QED) is 0.553. The molecule has 2 N–H and O–H groups in total. The minimum atomic E-state index is -0.333. The second-order valence-electron chi connectivity index (χ2n) is 7.30. The summed E-state index contributed by atoms with van der Waals surface area (Å²) in [5.74, 6) is 0.710. The molecule has 2 aromatic rings. The standard InChI is InChI=1S/C23H31FN4O/c1-3-29-22-10-9-19(15-21(22)24)16-26-23(25-2)27-20-11-13-28(14-12-20)17-18-7-5-4-6-8-18/h4-10,15,20H,3,11-14,16-17H2,1-2H3,(H2,25,26,27). The molecule has 0 amide bonds. The van der Waals surface area contributed by atoms with E-state index in [-0.39, 0.29) is 5.82 Å². The summed E-state index contributed by atoms with van der Waals surface area (Å²) < 4.78 is 19.3. The number of ether oxygens (including phenoxy) is 1. The minimum Gasteiger partial charge on any atom is -0.491 e. The van der Waals surface area contributed by atoms with Crippen molar-refractivity contribution in [3.05, 3.63) is 65.5 Å². The molecule has 0 atom stereocenters. The summed E-state index contributed by atoms with van der Waals surface area (Å²) in [6.45, 7) is 5.94. The van der Waals surface area contributed by atoms with Crippen LogP contribution in [0.15, 0.2) is 53.5 Å². The Hall–Kier alpha value is -2.60. The smallest absolute Gasteiger partial charge is 0.191 e. The van der Waals surface area contributed by atoms with Crippen LogP contribution in [0, 0.1) is 5.82 Å². The number of guanidine groups is 1. The summed E-state index contributed by atoms with van der Waals surface area (Å²) in [6.07, 6.45) is 2.15. The van der Waals surface area contributed by atoms with Crippen LogP contribution in [-0.4, -0.2) is 43.6 Å². The first-order valence-electron chi connectivity index (χ1n) is 10.3. The van der Waals surface area contributed by atoms with Crippen LogP contribution in [0.25, 0.3) is 0 Å². The molecule has 6 heteroatoms. The van der Waals surface area contributed by atoms with Crippen molar-refractivity contribution in [2.45, 2.75) is 38.9 Å². The molecular weight excluding hydrogens is 367 g/mol. The number of likely N-dealkylation sites (tertiary alicyclic amines) is 1. The van der Waals surface area contributed by atoms with Gasteiger partial charge in [0.2, 0.25) is 0 Å². The van der Waals surface area contributed by atoms with Crippen LogP contribution in [0.3, 0.4) is 0 Å². The molecule has 2 aromatic carbocycles. The lowest BCUT2D eigenvalue weighted by Crippen LogP contribution is -2.48. The zero-order valence-corrected chi connectivity index (χ0v) is 17.3. The molecule has 0 radical (unpaired) electrons. The molecule has 0 aromatic heterocycles. The maximum absolute atomic E-state index is 14.0. The number of halogens is 1. The van der Waals surface area contributed by atoms with E-state index in [1.165, 1.54) is 11.6 Å². The predicted octanol–water partition coefficient (Wildman–Crippen LogP) is 3.55. The van der Waals surface area contributed by atoms with Gasteiger partial charge in [0.05, 0.1) is 6.61 Å². The van der Waals surface area contributed by atoms with Crippen molar-refractivity contribution in [1.29, 1.82) is 0 Å². The fourth-order valence-electron chi connectivity index (χ4n) is 3.58. The minimum absolute atomic E-state index is 0.293. The van der Waals surface area contributed by atoms with Crippen molar-refractivity contribution in [3.63, 3.8) is 0 Å². The van der Waals surface area contributed by atoms with E-state index in [4.69, 9.17) is 4.74 Å². The topological polar surface area (TPSA) is 48.9 Å². The van der Waals surface area contributed by atoms with Crippen molar-refractivity contribution >= 4 is 5.96 Å². The highest BCUT2D eigenvalue weighted by molar-refractivity contribution is 5.79. The van der Waals surface area contributed by atoms with Crippen LogP contribution in [0.5, 0.6) is 5.75 Å². The van der Waals surface area contributed by atoms with Crippen LogP contribution in [-0.2, 0) is 13.1 Å². The molecule has 5 nitrogen and oxygen atoms in total.